The van der Waals surface area contributed by atoms with E-state index in [9.17, 15) is 9.59 Å². The first-order valence-corrected chi connectivity index (χ1v) is 5.61. The van der Waals surface area contributed by atoms with Gasteiger partial charge in [-0.2, -0.15) is 0 Å². The maximum atomic E-state index is 10.8. The Morgan fingerprint density at radius 2 is 1.67 bits per heavy atom. The van der Waals surface area contributed by atoms with Crippen LogP contribution in [0.1, 0.15) is 58.3 Å². The van der Waals surface area contributed by atoms with E-state index in [1.807, 2.05) is 0 Å². The van der Waals surface area contributed by atoms with Crippen molar-refractivity contribution in [2.75, 3.05) is 0 Å². The predicted octanol–water partition coefficient (Wildman–Crippen LogP) is 2.76. The molecule has 0 aromatic carbocycles. The zero-order valence-electron chi connectivity index (χ0n) is 9.37. The Morgan fingerprint density at radius 3 is 2.27 bits per heavy atom. The molecule has 0 heterocycles. The maximum absolute atomic E-state index is 10.8. The van der Waals surface area contributed by atoms with Gasteiger partial charge in [0.15, 0.2) is 0 Å². The van der Waals surface area contributed by atoms with E-state index in [1.54, 1.807) is 0 Å². The van der Waals surface area contributed by atoms with Crippen molar-refractivity contribution in [3.63, 3.8) is 0 Å². The fraction of sp³-hybridized carbons (Fsp3) is 0.818. The third-order valence-corrected chi connectivity index (χ3v) is 2.16. The topological polar surface area (TPSA) is 52.6 Å². The lowest BCUT2D eigenvalue weighted by Crippen LogP contribution is -2.03. The summed E-state index contributed by atoms with van der Waals surface area (Å²) in [7, 11) is 0. The van der Waals surface area contributed by atoms with Gasteiger partial charge in [-0.25, -0.2) is 9.68 Å². The van der Waals surface area contributed by atoms with Crippen LogP contribution in [0.2, 0.25) is 0 Å². The third kappa shape index (κ3) is 10.9. The molecule has 0 amide bonds. The molecule has 0 unspecified atom stereocenters. The maximum Gasteiger partial charge on any atom is 0.355 e. The van der Waals surface area contributed by atoms with E-state index in [1.165, 1.54) is 25.7 Å². The van der Waals surface area contributed by atoms with Crippen LogP contribution in [0.5, 0.6) is 0 Å². The minimum Gasteiger partial charge on any atom is -0.251 e. The summed E-state index contributed by atoms with van der Waals surface area (Å²) in [5.41, 5.74) is 0. The standard InChI is InChI=1S/C11H20O4/c1-2-3-4-5-6-7-8-9-11(13)15-14-10-12/h10H,2-9H2,1H3. The van der Waals surface area contributed by atoms with Crippen molar-refractivity contribution in [2.24, 2.45) is 0 Å². The van der Waals surface area contributed by atoms with Crippen molar-refractivity contribution in [1.29, 1.82) is 0 Å². The zero-order chi connectivity index (χ0) is 11.4. The first-order chi connectivity index (χ1) is 7.31. The van der Waals surface area contributed by atoms with Crippen LogP contribution in [-0.4, -0.2) is 12.4 Å². The number of hydrogen-bond donors (Lipinski definition) is 0. The number of unbranched alkanes of at least 4 members (excludes halogenated alkanes) is 6. The SMILES string of the molecule is CCCCCCCCCC(=O)OOC=O. The van der Waals surface area contributed by atoms with Crippen LogP contribution < -0.4 is 0 Å². The van der Waals surface area contributed by atoms with Gasteiger partial charge in [0.1, 0.15) is 0 Å². The number of carbonyl (C=O) groups is 2. The lowest BCUT2D eigenvalue weighted by atomic mass is 10.1. The highest BCUT2D eigenvalue weighted by molar-refractivity contribution is 5.69. The molecule has 0 bridgehead atoms. The van der Waals surface area contributed by atoms with Crippen LogP contribution in [0.4, 0.5) is 0 Å². The van der Waals surface area contributed by atoms with Crippen LogP contribution in [-0.2, 0) is 19.4 Å². The molecule has 4 heteroatoms. The molecule has 0 aliphatic carbocycles. The third-order valence-electron chi connectivity index (χ3n) is 2.16. The first-order valence-electron chi connectivity index (χ1n) is 5.61. The summed E-state index contributed by atoms with van der Waals surface area (Å²) in [6.07, 6.45) is 8.34. The molecule has 0 aliphatic heterocycles. The summed E-state index contributed by atoms with van der Waals surface area (Å²) >= 11 is 0. The van der Waals surface area contributed by atoms with Crippen molar-refractivity contribution in [2.45, 2.75) is 58.3 Å². The summed E-state index contributed by atoms with van der Waals surface area (Å²) in [6, 6.07) is 0. The van der Waals surface area contributed by atoms with Gasteiger partial charge in [0.05, 0.1) is 6.42 Å². The minimum absolute atomic E-state index is 0.0998. The fourth-order valence-electron chi connectivity index (χ4n) is 1.34. The molecule has 0 aromatic rings. The Kier molecular flexibility index (Phi) is 10.2. The summed E-state index contributed by atoms with van der Waals surface area (Å²) in [4.78, 5) is 28.5. The summed E-state index contributed by atoms with van der Waals surface area (Å²) in [5, 5.41) is 0. The average Bonchev–Trinajstić information content (AvgIpc) is 2.25. The van der Waals surface area contributed by atoms with Crippen molar-refractivity contribution in [3.05, 3.63) is 0 Å². The molecule has 0 rings (SSSR count). The monoisotopic (exact) mass is 216 g/mol. The highest BCUT2D eigenvalue weighted by Gasteiger charge is 2.03. The Hall–Kier alpha value is -1.06. The smallest absolute Gasteiger partial charge is 0.251 e. The van der Waals surface area contributed by atoms with Crippen molar-refractivity contribution in [3.8, 4) is 0 Å². The van der Waals surface area contributed by atoms with Crippen molar-refractivity contribution in [1.82, 2.24) is 0 Å². The second kappa shape index (κ2) is 11.0. The van der Waals surface area contributed by atoms with E-state index >= 15 is 0 Å². The summed E-state index contributed by atoms with van der Waals surface area (Å²) in [5.74, 6) is -0.476. The number of carbonyl (C=O) groups excluding carboxylic acids is 2. The van der Waals surface area contributed by atoms with E-state index in [0.717, 1.165) is 19.3 Å². The molecule has 0 fully saturated rings. The van der Waals surface area contributed by atoms with Crippen LogP contribution in [0.3, 0.4) is 0 Å². The van der Waals surface area contributed by atoms with Gasteiger partial charge in [-0.3, -0.25) is 9.68 Å². The molecule has 15 heavy (non-hydrogen) atoms. The lowest BCUT2D eigenvalue weighted by molar-refractivity contribution is -0.248. The van der Waals surface area contributed by atoms with Crippen molar-refractivity contribution >= 4 is 12.4 Å². The van der Waals surface area contributed by atoms with Gasteiger partial charge in [-0.15, -0.1) is 0 Å². The zero-order valence-corrected chi connectivity index (χ0v) is 9.37. The van der Waals surface area contributed by atoms with Gasteiger partial charge in [0.2, 0.25) is 0 Å². The highest BCUT2D eigenvalue weighted by Crippen LogP contribution is 2.08. The number of hydrogen-bond acceptors (Lipinski definition) is 4. The van der Waals surface area contributed by atoms with Crippen LogP contribution in [0.25, 0.3) is 0 Å². The van der Waals surface area contributed by atoms with E-state index in [0.29, 0.717) is 6.42 Å². The molecule has 0 spiro atoms. The molecule has 0 atom stereocenters. The molecule has 0 N–H and O–H groups in total. The van der Waals surface area contributed by atoms with Gasteiger partial charge in [0.25, 0.3) is 0 Å². The van der Waals surface area contributed by atoms with E-state index in [4.69, 9.17) is 0 Å². The predicted molar refractivity (Wildman–Crippen MR) is 55.9 cm³/mol. The van der Waals surface area contributed by atoms with Crippen LogP contribution >= 0.6 is 0 Å². The molecule has 0 saturated heterocycles. The van der Waals surface area contributed by atoms with E-state index in [-0.39, 0.29) is 6.47 Å². The Bertz CT molecular complexity index is 168. The van der Waals surface area contributed by atoms with E-state index < -0.39 is 5.97 Å². The second-order valence-corrected chi connectivity index (χ2v) is 3.52. The lowest BCUT2D eigenvalue weighted by Gasteiger charge is -2.00. The van der Waals surface area contributed by atoms with Gasteiger partial charge >= 0.3 is 12.4 Å². The Balaban J connectivity index is 3.09. The molecular formula is C11H20O4. The molecule has 0 aliphatic rings. The van der Waals surface area contributed by atoms with Gasteiger partial charge in [-0.05, 0) is 6.42 Å². The van der Waals surface area contributed by atoms with E-state index in [2.05, 4.69) is 16.7 Å². The number of rotatable bonds is 10. The molecule has 0 aromatic heterocycles. The average molecular weight is 216 g/mol. The molecule has 0 radical (unpaired) electrons. The van der Waals surface area contributed by atoms with Crippen LogP contribution in [0.15, 0.2) is 0 Å². The Morgan fingerprint density at radius 1 is 1.07 bits per heavy atom. The summed E-state index contributed by atoms with van der Waals surface area (Å²) < 4.78 is 0. The minimum atomic E-state index is -0.476. The normalized spacial score (nSPS) is 9.67. The van der Waals surface area contributed by atoms with Crippen molar-refractivity contribution < 1.29 is 19.4 Å². The molecule has 0 saturated carbocycles. The van der Waals surface area contributed by atoms with Gasteiger partial charge < -0.3 is 0 Å². The first kappa shape index (κ1) is 13.9. The molecular weight excluding hydrogens is 196 g/mol. The highest BCUT2D eigenvalue weighted by atomic mass is 17.2. The molecule has 88 valence electrons. The van der Waals surface area contributed by atoms with Gasteiger partial charge in [0, 0.05) is 0 Å². The van der Waals surface area contributed by atoms with Gasteiger partial charge in [-0.1, -0.05) is 45.4 Å². The largest absolute Gasteiger partial charge is 0.355 e. The summed E-state index contributed by atoms with van der Waals surface area (Å²) in [6.45, 7) is 2.28. The quantitative estimate of drug-likeness (QED) is 0.244. The second-order valence-electron chi connectivity index (χ2n) is 3.52. The fourth-order valence-corrected chi connectivity index (χ4v) is 1.34. The molecule has 4 nitrogen and oxygen atoms in total. The Labute approximate surface area is 90.9 Å². The van der Waals surface area contributed by atoms with Crippen LogP contribution in [0, 0.1) is 0 Å².